The largest absolute Gasteiger partial charge is 0.325 e. The van der Waals surface area contributed by atoms with Crippen molar-refractivity contribution in [1.82, 2.24) is 10.2 Å². The summed E-state index contributed by atoms with van der Waals surface area (Å²) in [4.78, 5) is 14.2. The molecule has 3 unspecified atom stereocenters. The van der Waals surface area contributed by atoms with Gasteiger partial charge in [-0.2, -0.15) is 0 Å². The molecule has 2 rings (SSSR count). The zero-order chi connectivity index (χ0) is 11.0. The standard InChI is InChI=1S/C12H22N2O/c1-8(2)11-12(15)14(7-13-11)10-6-4-5-9(10)3/h8-11,13H,4-7H2,1-3H3. The van der Waals surface area contributed by atoms with Crippen LogP contribution in [0.1, 0.15) is 40.0 Å². The maximum atomic E-state index is 12.1. The molecule has 0 aromatic heterocycles. The Morgan fingerprint density at radius 2 is 2.13 bits per heavy atom. The van der Waals surface area contributed by atoms with Crippen molar-refractivity contribution in [2.75, 3.05) is 6.67 Å². The molecule has 1 heterocycles. The Morgan fingerprint density at radius 3 is 2.60 bits per heavy atom. The lowest BCUT2D eigenvalue weighted by atomic mass is 10.0. The van der Waals surface area contributed by atoms with Gasteiger partial charge in [-0.15, -0.1) is 0 Å². The van der Waals surface area contributed by atoms with E-state index >= 15 is 0 Å². The Kier molecular flexibility index (Phi) is 3.01. The normalized spacial score (nSPS) is 36.9. The summed E-state index contributed by atoms with van der Waals surface area (Å²) in [6.45, 7) is 7.25. The monoisotopic (exact) mass is 210 g/mol. The zero-order valence-corrected chi connectivity index (χ0v) is 9.99. The van der Waals surface area contributed by atoms with E-state index in [1.165, 1.54) is 19.3 Å². The van der Waals surface area contributed by atoms with Gasteiger partial charge < -0.3 is 4.90 Å². The third-order valence-electron chi connectivity index (χ3n) is 3.91. The van der Waals surface area contributed by atoms with Crippen molar-refractivity contribution >= 4 is 5.91 Å². The average Bonchev–Trinajstić information content (AvgIpc) is 2.71. The Bertz CT molecular complexity index is 252. The first-order chi connectivity index (χ1) is 7.11. The lowest BCUT2D eigenvalue weighted by Gasteiger charge is -2.27. The van der Waals surface area contributed by atoms with Gasteiger partial charge in [0.05, 0.1) is 12.7 Å². The molecule has 1 aliphatic heterocycles. The molecule has 1 saturated carbocycles. The first-order valence-corrected chi connectivity index (χ1v) is 6.15. The highest BCUT2D eigenvalue weighted by atomic mass is 16.2. The van der Waals surface area contributed by atoms with Crippen LogP contribution in [0.2, 0.25) is 0 Å². The fourth-order valence-electron chi connectivity index (χ4n) is 2.93. The molecule has 1 aliphatic carbocycles. The molecule has 3 nitrogen and oxygen atoms in total. The summed E-state index contributed by atoms with van der Waals surface area (Å²) in [5.41, 5.74) is 0. The maximum absolute atomic E-state index is 12.1. The minimum atomic E-state index is 0.0535. The smallest absolute Gasteiger partial charge is 0.241 e. The fourth-order valence-corrected chi connectivity index (χ4v) is 2.93. The summed E-state index contributed by atoms with van der Waals surface area (Å²) in [6, 6.07) is 0.548. The highest BCUT2D eigenvalue weighted by Gasteiger charge is 2.40. The highest BCUT2D eigenvalue weighted by Crippen LogP contribution is 2.31. The van der Waals surface area contributed by atoms with Gasteiger partial charge in [0.1, 0.15) is 0 Å². The molecule has 0 spiro atoms. The van der Waals surface area contributed by atoms with Gasteiger partial charge in [0.2, 0.25) is 5.91 Å². The number of hydrogen-bond acceptors (Lipinski definition) is 2. The van der Waals surface area contributed by atoms with Gasteiger partial charge in [-0.25, -0.2) is 0 Å². The molecule has 0 aromatic carbocycles. The van der Waals surface area contributed by atoms with E-state index in [0.717, 1.165) is 6.67 Å². The minimum absolute atomic E-state index is 0.0535. The van der Waals surface area contributed by atoms with Gasteiger partial charge in [-0.05, 0) is 24.7 Å². The van der Waals surface area contributed by atoms with Gasteiger partial charge in [0, 0.05) is 6.04 Å². The fraction of sp³-hybridized carbons (Fsp3) is 0.917. The molecule has 2 fully saturated rings. The van der Waals surface area contributed by atoms with Crippen LogP contribution in [0.4, 0.5) is 0 Å². The molecule has 3 heteroatoms. The van der Waals surface area contributed by atoms with E-state index in [-0.39, 0.29) is 6.04 Å². The van der Waals surface area contributed by atoms with E-state index in [1.807, 2.05) is 0 Å². The van der Waals surface area contributed by atoms with Crippen LogP contribution in [0.5, 0.6) is 0 Å². The predicted molar refractivity (Wildman–Crippen MR) is 60.3 cm³/mol. The van der Waals surface area contributed by atoms with Gasteiger partial charge in [-0.3, -0.25) is 10.1 Å². The Labute approximate surface area is 92.2 Å². The van der Waals surface area contributed by atoms with Crippen LogP contribution in [0.25, 0.3) is 0 Å². The van der Waals surface area contributed by atoms with Gasteiger partial charge in [-0.1, -0.05) is 27.2 Å². The molecular formula is C12H22N2O. The molecule has 15 heavy (non-hydrogen) atoms. The van der Waals surface area contributed by atoms with Crippen LogP contribution in [0.15, 0.2) is 0 Å². The predicted octanol–water partition coefficient (Wildman–Crippen LogP) is 1.59. The van der Waals surface area contributed by atoms with Crippen molar-refractivity contribution in [3.05, 3.63) is 0 Å². The molecule has 1 N–H and O–H groups in total. The molecule has 0 radical (unpaired) electrons. The quantitative estimate of drug-likeness (QED) is 0.750. The van der Waals surface area contributed by atoms with E-state index < -0.39 is 0 Å². The first kappa shape index (κ1) is 10.9. The third-order valence-corrected chi connectivity index (χ3v) is 3.91. The molecular weight excluding hydrogens is 188 g/mol. The SMILES string of the molecule is CC(C)C1NCN(C2CCCC2C)C1=O. The highest BCUT2D eigenvalue weighted by molar-refractivity contribution is 5.84. The van der Waals surface area contributed by atoms with Crippen molar-refractivity contribution < 1.29 is 4.79 Å². The topological polar surface area (TPSA) is 32.3 Å². The van der Waals surface area contributed by atoms with Gasteiger partial charge >= 0.3 is 0 Å². The Balaban J connectivity index is 2.03. The van der Waals surface area contributed by atoms with Crippen LogP contribution in [0.3, 0.4) is 0 Å². The maximum Gasteiger partial charge on any atom is 0.241 e. The van der Waals surface area contributed by atoms with Crippen LogP contribution in [-0.2, 0) is 4.79 Å². The van der Waals surface area contributed by atoms with Crippen molar-refractivity contribution in [2.24, 2.45) is 11.8 Å². The summed E-state index contributed by atoms with van der Waals surface area (Å²) < 4.78 is 0. The number of nitrogens with zero attached hydrogens (tertiary/aromatic N) is 1. The second-order valence-electron chi connectivity index (χ2n) is 5.37. The van der Waals surface area contributed by atoms with E-state index in [9.17, 15) is 4.79 Å². The first-order valence-electron chi connectivity index (χ1n) is 6.15. The molecule has 3 atom stereocenters. The minimum Gasteiger partial charge on any atom is -0.325 e. The Hall–Kier alpha value is -0.570. The van der Waals surface area contributed by atoms with E-state index in [1.54, 1.807) is 0 Å². The van der Waals surface area contributed by atoms with Crippen molar-refractivity contribution in [3.63, 3.8) is 0 Å². The summed E-state index contributed by atoms with van der Waals surface area (Å²) in [7, 11) is 0. The summed E-state index contributed by atoms with van der Waals surface area (Å²) in [5, 5.41) is 3.33. The molecule has 0 aromatic rings. The summed E-state index contributed by atoms with van der Waals surface area (Å²) in [5.74, 6) is 1.41. The number of rotatable bonds is 2. The third kappa shape index (κ3) is 1.89. The van der Waals surface area contributed by atoms with Gasteiger partial charge in [0.25, 0.3) is 0 Å². The van der Waals surface area contributed by atoms with E-state index in [0.29, 0.717) is 23.8 Å². The Morgan fingerprint density at radius 1 is 1.40 bits per heavy atom. The number of carbonyl (C=O) groups excluding carboxylic acids is 1. The molecule has 86 valence electrons. The van der Waals surface area contributed by atoms with Crippen molar-refractivity contribution in [1.29, 1.82) is 0 Å². The lowest BCUT2D eigenvalue weighted by Crippen LogP contribution is -2.41. The number of hydrogen-bond donors (Lipinski definition) is 1. The second kappa shape index (κ2) is 4.12. The van der Waals surface area contributed by atoms with Crippen molar-refractivity contribution in [2.45, 2.75) is 52.1 Å². The average molecular weight is 210 g/mol. The summed E-state index contributed by atoms with van der Waals surface area (Å²) in [6.07, 6.45) is 3.75. The van der Waals surface area contributed by atoms with Crippen LogP contribution >= 0.6 is 0 Å². The second-order valence-corrected chi connectivity index (χ2v) is 5.37. The summed E-state index contributed by atoms with van der Waals surface area (Å²) >= 11 is 0. The molecule has 0 bridgehead atoms. The lowest BCUT2D eigenvalue weighted by molar-refractivity contribution is -0.132. The van der Waals surface area contributed by atoms with Crippen LogP contribution in [0, 0.1) is 11.8 Å². The van der Waals surface area contributed by atoms with E-state index in [2.05, 4.69) is 31.0 Å². The zero-order valence-electron chi connectivity index (χ0n) is 9.99. The number of nitrogens with one attached hydrogen (secondary N) is 1. The van der Waals surface area contributed by atoms with Crippen LogP contribution in [-0.4, -0.2) is 29.6 Å². The van der Waals surface area contributed by atoms with E-state index in [4.69, 9.17) is 0 Å². The number of amides is 1. The van der Waals surface area contributed by atoms with Crippen molar-refractivity contribution in [3.8, 4) is 0 Å². The molecule has 1 saturated heterocycles. The molecule has 1 amide bonds. The van der Waals surface area contributed by atoms with Gasteiger partial charge in [0.15, 0.2) is 0 Å². The molecule has 2 aliphatic rings. The number of carbonyl (C=O) groups is 1. The van der Waals surface area contributed by atoms with Crippen LogP contribution < -0.4 is 5.32 Å².